The van der Waals surface area contributed by atoms with E-state index < -0.39 is 10.0 Å². The number of rotatable bonds is 9. The van der Waals surface area contributed by atoms with Crippen LogP contribution in [0, 0.1) is 0 Å². The van der Waals surface area contributed by atoms with Gasteiger partial charge in [-0.1, -0.05) is 28.1 Å². The van der Waals surface area contributed by atoms with Gasteiger partial charge in [0, 0.05) is 23.2 Å². The molecule has 28 heavy (non-hydrogen) atoms. The number of nitrogens with one attached hydrogen (secondary N) is 1. The number of methoxy groups -OCH3 is 1. The Bertz CT molecular complexity index is 962. The number of anilines is 1. The van der Waals surface area contributed by atoms with Crippen LogP contribution in [0.2, 0.25) is 0 Å². The van der Waals surface area contributed by atoms with E-state index in [4.69, 9.17) is 4.74 Å². The molecule has 0 aliphatic heterocycles. The van der Waals surface area contributed by atoms with Gasteiger partial charge in [-0.25, -0.2) is 8.42 Å². The normalized spacial score (nSPS) is 11.1. The lowest BCUT2D eigenvalue weighted by Crippen LogP contribution is -2.31. The molecule has 2 aromatic rings. The summed E-state index contributed by atoms with van der Waals surface area (Å²) in [6.07, 6.45) is 3.03. The van der Waals surface area contributed by atoms with Crippen molar-refractivity contribution < 1.29 is 17.9 Å². The summed E-state index contributed by atoms with van der Waals surface area (Å²) in [5, 5.41) is 2.74. The maximum absolute atomic E-state index is 12.7. The van der Waals surface area contributed by atoms with Crippen LogP contribution in [-0.4, -0.2) is 38.8 Å². The van der Waals surface area contributed by atoms with Gasteiger partial charge in [-0.2, -0.15) is 4.31 Å². The molecule has 0 unspecified atom stereocenters. The standard InChI is InChI=1S/C20H21BrN2O4S/c1-4-12-23(13-5-2)28(25,26)17-9-7-16(8-10-17)22-20(24)18-14-15(21)6-11-19(18)27-3/h4-11,14H,1-2,12-13H2,3H3,(H,22,24). The van der Waals surface area contributed by atoms with Gasteiger partial charge in [-0.05, 0) is 42.5 Å². The number of sulfonamides is 1. The van der Waals surface area contributed by atoms with Crippen molar-refractivity contribution in [1.29, 1.82) is 0 Å². The number of carbonyl (C=O) groups excluding carboxylic acids is 1. The van der Waals surface area contributed by atoms with E-state index in [9.17, 15) is 13.2 Å². The SMILES string of the molecule is C=CCN(CC=C)S(=O)(=O)c1ccc(NC(=O)c2cc(Br)ccc2OC)cc1. The number of carbonyl (C=O) groups is 1. The molecule has 0 atom stereocenters. The van der Waals surface area contributed by atoms with Crippen molar-refractivity contribution in [3.63, 3.8) is 0 Å². The van der Waals surface area contributed by atoms with Crippen molar-refractivity contribution in [2.75, 3.05) is 25.5 Å². The van der Waals surface area contributed by atoms with Gasteiger partial charge in [0.1, 0.15) is 5.75 Å². The molecule has 0 saturated carbocycles. The highest BCUT2D eigenvalue weighted by Crippen LogP contribution is 2.25. The summed E-state index contributed by atoms with van der Waals surface area (Å²) in [6, 6.07) is 11.1. The lowest BCUT2D eigenvalue weighted by Gasteiger charge is -2.19. The summed E-state index contributed by atoms with van der Waals surface area (Å²) in [5.41, 5.74) is 0.821. The van der Waals surface area contributed by atoms with Gasteiger partial charge in [0.05, 0.1) is 17.6 Å². The highest BCUT2D eigenvalue weighted by atomic mass is 79.9. The third-order valence-electron chi connectivity index (χ3n) is 3.82. The van der Waals surface area contributed by atoms with Crippen LogP contribution >= 0.6 is 15.9 Å². The Balaban J connectivity index is 2.23. The van der Waals surface area contributed by atoms with Crippen molar-refractivity contribution in [2.45, 2.75) is 4.90 Å². The third kappa shape index (κ3) is 5.09. The van der Waals surface area contributed by atoms with Crippen molar-refractivity contribution in [3.05, 3.63) is 77.8 Å². The molecule has 8 heteroatoms. The number of nitrogens with zero attached hydrogens (tertiary/aromatic N) is 1. The minimum atomic E-state index is -3.69. The van der Waals surface area contributed by atoms with Gasteiger partial charge in [0.15, 0.2) is 0 Å². The van der Waals surface area contributed by atoms with Crippen LogP contribution in [-0.2, 0) is 10.0 Å². The average molecular weight is 465 g/mol. The Morgan fingerprint density at radius 1 is 1.14 bits per heavy atom. The monoisotopic (exact) mass is 464 g/mol. The van der Waals surface area contributed by atoms with Crippen LogP contribution in [0.15, 0.2) is 77.1 Å². The minimum Gasteiger partial charge on any atom is -0.496 e. The predicted molar refractivity (Wildman–Crippen MR) is 114 cm³/mol. The minimum absolute atomic E-state index is 0.120. The van der Waals surface area contributed by atoms with Gasteiger partial charge < -0.3 is 10.1 Å². The smallest absolute Gasteiger partial charge is 0.259 e. The van der Waals surface area contributed by atoms with E-state index >= 15 is 0 Å². The Morgan fingerprint density at radius 2 is 1.75 bits per heavy atom. The molecule has 1 amide bonds. The molecule has 0 aliphatic rings. The fourth-order valence-corrected chi connectivity index (χ4v) is 4.22. The molecule has 0 aliphatic carbocycles. The fraction of sp³-hybridized carbons (Fsp3) is 0.150. The molecule has 0 spiro atoms. The average Bonchev–Trinajstić information content (AvgIpc) is 2.68. The van der Waals surface area contributed by atoms with Gasteiger partial charge in [0.25, 0.3) is 5.91 Å². The summed E-state index contributed by atoms with van der Waals surface area (Å²) in [5.74, 6) is 0.0677. The summed E-state index contributed by atoms with van der Waals surface area (Å²) in [7, 11) is -2.20. The second-order valence-electron chi connectivity index (χ2n) is 5.72. The second-order valence-corrected chi connectivity index (χ2v) is 8.58. The molecule has 148 valence electrons. The van der Waals surface area contributed by atoms with Crippen molar-refractivity contribution in [1.82, 2.24) is 4.31 Å². The zero-order valence-electron chi connectivity index (χ0n) is 15.4. The largest absolute Gasteiger partial charge is 0.496 e. The molecule has 6 nitrogen and oxygen atoms in total. The Morgan fingerprint density at radius 3 is 2.29 bits per heavy atom. The molecule has 0 aromatic heterocycles. The molecule has 0 fully saturated rings. The van der Waals surface area contributed by atoms with E-state index in [1.165, 1.54) is 47.8 Å². The Hall–Kier alpha value is -2.42. The quantitative estimate of drug-likeness (QED) is 0.567. The molecule has 2 rings (SSSR count). The van der Waals surface area contributed by atoms with Gasteiger partial charge in [0.2, 0.25) is 10.0 Å². The summed E-state index contributed by atoms with van der Waals surface area (Å²) >= 11 is 3.33. The van der Waals surface area contributed by atoms with E-state index in [1.54, 1.807) is 18.2 Å². The summed E-state index contributed by atoms with van der Waals surface area (Å²) in [4.78, 5) is 12.7. The highest BCUT2D eigenvalue weighted by Gasteiger charge is 2.22. The van der Waals surface area contributed by atoms with E-state index in [-0.39, 0.29) is 23.9 Å². The molecule has 0 saturated heterocycles. The van der Waals surface area contributed by atoms with Crippen LogP contribution in [0.5, 0.6) is 5.75 Å². The second kappa shape index (κ2) is 9.68. The predicted octanol–water partition coefficient (Wildman–Crippen LogP) is 4.07. The first-order valence-electron chi connectivity index (χ1n) is 8.30. The first-order chi connectivity index (χ1) is 13.3. The van der Waals surface area contributed by atoms with Crippen molar-refractivity contribution in [2.24, 2.45) is 0 Å². The van der Waals surface area contributed by atoms with E-state index in [0.717, 1.165) is 4.47 Å². The molecular weight excluding hydrogens is 444 g/mol. The Kier molecular flexibility index (Phi) is 7.56. The van der Waals surface area contributed by atoms with Crippen molar-refractivity contribution >= 4 is 37.5 Å². The molecule has 2 aromatic carbocycles. The molecular formula is C20H21BrN2O4S. The van der Waals surface area contributed by atoms with Crippen LogP contribution in [0.3, 0.4) is 0 Å². The van der Waals surface area contributed by atoms with Crippen LogP contribution in [0.1, 0.15) is 10.4 Å². The summed E-state index contributed by atoms with van der Waals surface area (Å²) in [6.45, 7) is 7.52. The van der Waals surface area contributed by atoms with E-state index in [1.807, 2.05) is 0 Å². The lowest BCUT2D eigenvalue weighted by atomic mass is 10.2. The van der Waals surface area contributed by atoms with Gasteiger partial charge in [-0.3, -0.25) is 4.79 Å². The maximum atomic E-state index is 12.7. The fourth-order valence-electron chi connectivity index (χ4n) is 2.47. The number of halogens is 1. The van der Waals surface area contributed by atoms with Crippen LogP contribution in [0.4, 0.5) is 5.69 Å². The van der Waals surface area contributed by atoms with Crippen molar-refractivity contribution in [3.8, 4) is 5.75 Å². The topological polar surface area (TPSA) is 75.7 Å². The third-order valence-corrected chi connectivity index (χ3v) is 6.16. The molecule has 0 bridgehead atoms. The van der Waals surface area contributed by atoms with E-state index in [2.05, 4.69) is 34.4 Å². The summed E-state index contributed by atoms with van der Waals surface area (Å²) < 4.78 is 32.6. The zero-order chi connectivity index (χ0) is 20.7. The van der Waals surface area contributed by atoms with E-state index in [0.29, 0.717) is 17.0 Å². The lowest BCUT2D eigenvalue weighted by molar-refractivity contribution is 0.102. The van der Waals surface area contributed by atoms with Gasteiger partial charge >= 0.3 is 0 Å². The maximum Gasteiger partial charge on any atom is 0.259 e. The number of hydrogen-bond donors (Lipinski definition) is 1. The number of benzene rings is 2. The number of hydrogen-bond acceptors (Lipinski definition) is 4. The molecule has 0 heterocycles. The van der Waals surface area contributed by atoms with Gasteiger partial charge in [-0.15, -0.1) is 13.2 Å². The first kappa shape index (κ1) is 21.9. The molecule has 0 radical (unpaired) electrons. The van der Waals surface area contributed by atoms with Crippen LogP contribution in [0.25, 0.3) is 0 Å². The molecule has 1 N–H and O–H groups in total. The number of amides is 1. The zero-order valence-corrected chi connectivity index (χ0v) is 17.8. The first-order valence-corrected chi connectivity index (χ1v) is 10.5. The van der Waals surface area contributed by atoms with Crippen LogP contribution < -0.4 is 10.1 Å². The Labute approximate surface area is 173 Å². The highest BCUT2D eigenvalue weighted by molar-refractivity contribution is 9.10. The number of ether oxygens (including phenoxy) is 1.